The third kappa shape index (κ3) is 5.19. The summed E-state index contributed by atoms with van der Waals surface area (Å²) in [6.07, 6.45) is 0.781. The minimum Gasteiger partial charge on any atom is -0.497 e. The second-order valence-corrected chi connectivity index (χ2v) is 5.99. The number of amides is 2. The second-order valence-electron chi connectivity index (χ2n) is 5.99. The van der Waals surface area contributed by atoms with Crippen molar-refractivity contribution >= 4 is 17.4 Å². The Bertz CT molecular complexity index is 651. The van der Waals surface area contributed by atoms with Crippen LogP contribution in [0.5, 0.6) is 5.75 Å². The average molecular weight is 327 g/mol. The Labute approximate surface area is 143 Å². The first-order chi connectivity index (χ1) is 11.5. The highest BCUT2D eigenvalue weighted by molar-refractivity contribution is 5.89. The summed E-state index contributed by atoms with van der Waals surface area (Å²) >= 11 is 0. The number of carbonyl (C=O) groups is 1. The first-order valence-electron chi connectivity index (χ1n) is 7.96. The van der Waals surface area contributed by atoms with Crippen molar-refractivity contribution in [2.75, 3.05) is 31.4 Å². The molecule has 0 aliphatic carbocycles. The van der Waals surface area contributed by atoms with Gasteiger partial charge in [-0.3, -0.25) is 0 Å². The molecule has 0 fully saturated rings. The smallest absolute Gasteiger partial charge is 0.319 e. The van der Waals surface area contributed by atoms with E-state index in [2.05, 4.69) is 39.8 Å². The molecule has 1 atom stereocenters. The molecule has 2 aromatic carbocycles. The predicted molar refractivity (Wildman–Crippen MR) is 99.1 cm³/mol. The Balaban J connectivity index is 1.84. The van der Waals surface area contributed by atoms with Gasteiger partial charge in [0.05, 0.1) is 7.11 Å². The summed E-state index contributed by atoms with van der Waals surface area (Å²) in [5.41, 5.74) is 3.09. The predicted octanol–water partition coefficient (Wildman–Crippen LogP) is 3.51. The van der Waals surface area contributed by atoms with Crippen LogP contribution in [0.4, 0.5) is 16.2 Å². The molecule has 0 saturated carbocycles. The van der Waals surface area contributed by atoms with Crippen LogP contribution in [0.3, 0.4) is 0 Å². The van der Waals surface area contributed by atoms with E-state index in [1.165, 1.54) is 5.56 Å². The maximum atomic E-state index is 12.1. The number of anilines is 2. The lowest BCUT2D eigenvalue weighted by atomic mass is 10.1. The van der Waals surface area contributed by atoms with Gasteiger partial charge < -0.3 is 20.3 Å². The average Bonchev–Trinajstić information content (AvgIpc) is 2.55. The topological polar surface area (TPSA) is 53.6 Å². The zero-order chi connectivity index (χ0) is 17.5. The molecule has 0 spiro atoms. The minimum absolute atomic E-state index is 0.0356. The number of nitrogens with zero attached hydrogens (tertiary/aromatic N) is 1. The molecule has 128 valence electrons. The van der Waals surface area contributed by atoms with Gasteiger partial charge in [0.15, 0.2) is 0 Å². The maximum absolute atomic E-state index is 12.1. The van der Waals surface area contributed by atoms with Gasteiger partial charge in [-0.25, -0.2) is 4.79 Å². The summed E-state index contributed by atoms with van der Waals surface area (Å²) in [7, 11) is 5.65. The fourth-order valence-electron chi connectivity index (χ4n) is 2.40. The van der Waals surface area contributed by atoms with Crippen molar-refractivity contribution in [1.82, 2.24) is 5.32 Å². The molecule has 0 unspecified atom stereocenters. The van der Waals surface area contributed by atoms with Crippen LogP contribution in [0, 0.1) is 0 Å². The van der Waals surface area contributed by atoms with Crippen LogP contribution < -0.4 is 20.3 Å². The summed E-state index contributed by atoms with van der Waals surface area (Å²) in [6.45, 7) is 1.99. The molecule has 24 heavy (non-hydrogen) atoms. The van der Waals surface area contributed by atoms with E-state index in [1.54, 1.807) is 7.11 Å². The Morgan fingerprint density at radius 3 is 2.25 bits per heavy atom. The molecule has 0 aliphatic rings. The Hall–Kier alpha value is -2.69. The van der Waals surface area contributed by atoms with E-state index in [0.29, 0.717) is 0 Å². The molecule has 2 N–H and O–H groups in total. The number of hydrogen-bond acceptors (Lipinski definition) is 3. The lowest BCUT2D eigenvalue weighted by molar-refractivity contribution is 0.249. The maximum Gasteiger partial charge on any atom is 0.319 e. The number of carbonyl (C=O) groups excluding carboxylic acids is 1. The quantitative estimate of drug-likeness (QED) is 0.853. The number of methoxy groups -OCH3 is 1. The Kier molecular flexibility index (Phi) is 6.07. The molecular formula is C19H25N3O2. The van der Waals surface area contributed by atoms with Crippen LogP contribution >= 0.6 is 0 Å². The fourth-order valence-corrected chi connectivity index (χ4v) is 2.40. The summed E-state index contributed by atoms with van der Waals surface area (Å²) < 4.78 is 5.10. The van der Waals surface area contributed by atoms with E-state index in [0.717, 1.165) is 23.5 Å². The van der Waals surface area contributed by atoms with Crippen LogP contribution in [0.1, 0.15) is 12.5 Å². The zero-order valence-corrected chi connectivity index (χ0v) is 14.7. The summed E-state index contributed by atoms with van der Waals surface area (Å²) in [5.74, 6) is 0.760. The number of ether oxygens (including phenoxy) is 1. The van der Waals surface area contributed by atoms with Crippen LogP contribution in [0.2, 0.25) is 0 Å². The van der Waals surface area contributed by atoms with Crippen LogP contribution in [0.15, 0.2) is 48.5 Å². The van der Waals surface area contributed by atoms with E-state index in [4.69, 9.17) is 4.74 Å². The number of rotatable bonds is 6. The fraction of sp³-hybridized carbons (Fsp3) is 0.316. The van der Waals surface area contributed by atoms with Crippen molar-refractivity contribution < 1.29 is 9.53 Å². The molecule has 2 amide bonds. The molecule has 0 radical (unpaired) electrons. The van der Waals surface area contributed by atoms with Crippen molar-refractivity contribution in [1.29, 1.82) is 0 Å². The first-order valence-corrected chi connectivity index (χ1v) is 7.96. The van der Waals surface area contributed by atoms with Crippen LogP contribution in [-0.2, 0) is 6.42 Å². The molecule has 0 aromatic heterocycles. The number of hydrogen-bond donors (Lipinski definition) is 2. The Morgan fingerprint density at radius 1 is 1.08 bits per heavy atom. The Morgan fingerprint density at radius 2 is 1.71 bits per heavy atom. The van der Waals surface area contributed by atoms with E-state index in [-0.39, 0.29) is 12.1 Å². The largest absolute Gasteiger partial charge is 0.497 e. The molecule has 0 aliphatic heterocycles. The molecule has 0 bridgehead atoms. The minimum atomic E-state index is -0.211. The van der Waals surface area contributed by atoms with E-state index < -0.39 is 0 Å². The van der Waals surface area contributed by atoms with Gasteiger partial charge in [-0.05, 0) is 55.3 Å². The van der Waals surface area contributed by atoms with Crippen molar-refractivity contribution in [3.63, 3.8) is 0 Å². The van der Waals surface area contributed by atoms with Gasteiger partial charge in [0.1, 0.15) is 5.75 Å². The highest BCUT2D eigenvalue weighted by atomic mass is 16.5. The molecule has 2 aromatic rings. The zero-order valence-electron chi connectivity index (χ0n) is 14.7. The third-order valence-electron chi connectivity index (χ3n) is 3.72. The highest BCUT2D eigenvalue weighted by Gasteiger charge is 2.09. The van der Waals surface area contributed by atoms with Gasteiger partial charge in [0, 0.05) is 31.5 Å². The molecule has 5 heteroatoms. The SMILES string of the molecule is COc1ccc(NC(=O)N[C@H](C)Cc2ccc(N(C)C)cc2)cc1. The molecule has 0 heterocycles. The van der Waals surface area contributed by atoms with E-state index in [9.17, 15) is 4.79 Å². The van der Waals surface area contributed by atoms with Crippen LogP contribution in [0.25, 0.3) is 0 Å². The third-order valence-corrected chi connectivity index (χ3v) is 3.72. The van der Waals surface area contributed by atoms with Gasteiger partial charge in [0.25, 0.3) is 0 Å². The van der Waals surface area contributed by atoms with Crippen molar-refractivity contribution in [2.45, 2.75) is 19.4 Å². The van der Waals surface area contributed by atoms with Gasteiger partial charge in [-0.1, -0.05) is 12.1 Å². The normalized spacial score (nSPS) is 11.5. The number of urea groups is 1. The van der Waals surface area contributed by atoms with E-state index in [1.807, 2.05) is 45.3 Å². The standard InChI is InChI=1S/C19H25N3O2/c1-14(13-15-5-9-17(10-6-15)22(2)3)20-19(23)21-16-7-11-18(24-4)12-8-16/h5-12,14H,13H2,1-4H3,(H2,20,21,23)/t14-/m1/s1. The monoisotopic (exact) mass is 327 g/mol. The van der Waals surface area contributed by atoms with Gasteiger partial charge in [-0.15, -0.1) is 0 Å². The summed E-state index contributed by atoms with van der Waals surface area (Å²) in [4.78, 5) is 14.1. The number of nitrogens with one attached hydrogen (secondary N) is 2. The number of benzene rings is 2. The molecular weight excluding hydrogens is 302 g/mol. The van der Waals surface area contributed by atoms with Gasteiger partial charge in [-0.2, -0.15) is 0 Å². The van der Waals surface area contributed by atoms with Crippen molar-refractivity contribution in [3.8, 4) is 5.75 Å². The molecule has 5 nitrogen and oxygen atoms in total. The van der Waals surface area contributed by atoms with Gasteiger partial charge >= 0.3 is 6.03 Å². The van der Waals surface area contributed by atoms with Crippen LogP contribution in [-0.4, -0.2) is 33.3 Å². The summed E-state index contributed by atoms with van der Waals surface area (Å²) in [6, 6.07) is 15.4. The van der Waals surface area contributed by atoms with Crippen molar-refractivity contribution in [3.05, 3.63) is 54.1 Å². The lowest BCUT2D eigenvalue weighted by Crippen LogP contribution is -2.37. The molecule has 0 saturated heterocycles. The lowest BCUT2D eigenvalue weighted by Gasteiger charge is -2.16. The van der Waals surface area contributed by atoms with Gasteiger partial charge in [0.2, 0.25) is 0 Å². The highest BCUT2D eigenvalue weighted by Crippen LogP contribution is 2.15. The summed E-state index contributed by atoms with van der Waals surface area (Å²) in [5, 5.41) is 5.77. The second kappa shape index (κ2) is 8.24. The van der Waals surface area contributed by atoms with Crippen molar-refractivity contribution in [2.24, 2.45) is 0 Å². The molecule has 2 rings (SSSR count). The van der Waals surface area contributed by atoms with E-state index >= 15 is 0 Å². The first kappa shape index (κ1) is 17.7.